The Morgan fingerprint density at radius 2 is 1.95 bits per heavy atom. The van der Waals surface area contributed by atoms with Crippen molar-refractivity contribution in [2.75, 3.05) is 57.0 Å². The van der Waals surface area contributed by atoms with Gasteiger partial charge in [0.2, 0.25) is 10.0 Å². The molecule has 0 unspecified atom stereocenters. The van der Waals surface area contributed by atoms with E-state index >= 15 is 0 Å². The number of aliphatic imine (C=N–C) groups is 1. The number of nitrogens with zero attached hydrogens (tertiary/aromatic N) is 3. The van der Waals surface area contributed by atoms with Crippen LogP contribution in [0, 0.1) is 5.41 Å². The van der Waals surface area contributed by atoms with E-state index in [9.17, 15) is 8.42 Å². The summed E-state index contributed by atoms with van der Waals surface area (Å²) in [5, 5.41) is 3.21. The van der Waals surface area contributed by atoms with E-state index in [1.54, 1.807) is 11.4 Å². The minimum absolute atomic E-state index is 0.133. The molecule has 0 amide bonds. The minimum atomic E-state index is -3.15. The molecule has 22 heavy (non-hydrogen) atoms. The second-order valence-electron chi connectivity index (χ2n) is 6.64. The number of likely N-dealkylation sites (tertiary alicyclic amines) is 1. The Kier molecular flexibility index (Phi) is 6.01. The van der Waals surface area contributed by atoms with Gasteiger partial charge in [-0.15, -0.1) is 0 Å². The number of guanidine groups is 1. The lowest BCUT2D eigenvalue weighted by molar-refractivity contribution is 0.370. The second kappa shape index (κ2) is 7.40. The molecule has 6 nitrogen and oxygen atoms in total. The minimum Gasteiger partial charge on any atom is -0.355 e. The Hall–Kier alpha value is -0.470. The van der Waals surface area contributed by atoms with Gasteiger partial charge >= 0.3 is 0 Å². The van der Waals surface area contributed by atoms with Crippen LogP contribution in [-0.4, -0.2) is 80.6 Å². The molecule has 0 spiro atoms. The Balaban J connectivity index is 1.81. The SMILES string of the molecule is CN=C(NCCS(=O)(=O)N1CCSCC1)N1CCC(C)(C)C1. The summed E-state index contributed by atoms with van der Waals surface area (Å²) in [7, 11) is -1.40. The quantitative estimate of drug-likeness (QED) is 0.598. The summed E-state index contributed by atoms with van der Waals surface area (Å²) in [6, 6.07) is 0. The summed E-state index contributed by atoms with van der Waals surface area (Å²) in [5.74, 6) is 2.75. The number of rotatable bonds is 4. The number of nitrogens with one attached hydrogen (secondary N) is 1. The normalized spacial score (nSPS) is 23.8. The van der Waals surface area contributed by atoms with Crippen LogP contribution in [0.15, 0.2) is 4.99 Å². The fourth-order valence-electron chi connectivity index (χ4n) is 2.87. The highest BCUT2D eigenvalue weighted by atomic mass is 32.2. The van der Waals surface area contributed by atoms with E-state index in [2.05, 4.69) is 29.1 Å². The molecule has 0 aromatic rings. The van der Waals surface area contributed by atoms with Gasteiger partial charge in [-0.1, -0.05) is 13.8 Å². The van der Waals surface area contributed by atoms with Gasteiger partial charge in [0.15, 0.2) is 5.96 Å². The van der Waals surface area contributed by atoms with Crippen molar-refractivity contribution in [3.05, 3.63) is 0 Å². The van der Waals surface area contributed by atoms with Crippen LogP contribution in [0.2, 0.25) is 0 Å². The van der Waals surface area contributed by atoms with E-state index in [-0.39, 0.29) is 5.75 Å². The van der Waals surface area contributed by atoms with Crippen LogP contribution < -0.4 is 5.32 Å². The largest absolute Gasteiger partial charge is 0.355 e. The molecule has 1 N–H and O–H groups in total. The second-order valence-corrected chi connectivity index (χ2v) is 9.95. The molecule has 2 heterocycles. The van der Waals surface area contributed by atoms with Crippen LogP contribution >= 0.6 is 11.8 Å². The topological polar surface area (TPSA) is 65.0 Å². The van der Waals surface area contributed by atoms with Gasteiger partial charge in [0.05, 0.1) is 5.75 Å². The molecule has 0 aromatic carbocycles. The Bertz CT molecular complexity index is 499. The highest BCUT2D eigenvalue weighted by molar-refractivity contribution is 7.99. The predicted octanol–water partition coefficient (Wildman–Crippen LogP) is 0.672. The molecule has 0 atom stereocenters. The van der Waals surface area contributed by atoms with Crippen molar-refractivity contribution in [2.45, 2.75) is 20.3 Å². The first kappa shape index (κ1) is 17.9. The average molecular weight is 349 g/mol. The zero-order valence-electron chi connectivity index (χ0n) is 13.8. The van der Waals surface area contributed by atoms with Crippen molar-refractivity contribution >= 4 is 27.7 Å². The summed E-state index contributed by atoms with van der Waals surface area (Å²) in [6.07, 6.45) is 1.14. The summed E-state index contributed by atoms with van der Waals surface area (Å²) < 4.78 is 26.2. The molecule has 0 bridgehead atoms. The van der Waals surface area contributed by atoms with Crippen LogP contribution in [0.5, 0.6) is 0 Å². The van der Waals surface area contributed by atoms with Crippen LogP contribution in [0.3, 0.4) is 0 Å². The van der Waals surface area contributed by atoms with Crippen molar-refractivity contribution in [3.63, 3.8) is 0 Å². The van der Waals surface area contributed by atoms with E-state index in [1.807, 2.05) is 11.8 Å². The van der Waals surface area contributed by atoms with Crippen molar-refractivity contribution < 1.29 is 8.42 Å². The monoisotopic (exact) mass is 348 g/mol. The fraction of sp³-hybridized carbons (Fsp3) is 0.929. The van der Waals surface area contributed by atoms with Crippen molar-refractivity contribution in [3.8, 4) is 0 Å². The zero-order valence-corrected chi connectivity index (χ0v) is 15.5. The lowest BCUT2D eigenvalue weighted by atomic mass is 9.93. The van der Waals surface area contributed by atoms with Gasteiger partial charge in [-0.3, -0.25) is 4.99 Å². The standard InChI is InChI=1S/C14H28N4O2S2/c1-14(2)4-6-17(12-14)13(15-3)16-5-11-22(19,20)18-7-9-21-10-8-18/h4-12H2,1-3H3,(H,15,16). The van der Waals surface area contributed by atoms with Crippen molar-refractivity contribution in [1.82, 2.24) is 14.5 Å². The van der Waals surface area contributed by atoms with Crippen LogP contribution in [-0.2, 0) is 10.0 Å². The maximum absolute atomic E-state index is 12.3. The van der Waals surface area contributed by atoms with Gasteiger partial charge in [-0.25, -0.2) is 12.7 Å². The smallest absolute Gasteiger partial charge is 0.215 e. The first-order valence-electron chi connectivity index (χ1n) is 7.85. The molecule has 2 aliphatic rings. The molecule has 0 aliphatic carbocycles. The molecular formula is C14H28N4O2S2. The van der Waals surface area contributed by atoms with E-state index in [1.165, 1.54) is 0 Å². The first-order valence-corrected chi connectivity index (χ1v) is 10.6. The molecule has 2 aliphatic heterocycles. The van der Waals surface area contributed by atoms with Gasteiger partial charge < -0.3 is 10.2 Å². The van der Waals surface area contributed by atoms with E-state index < -0.39 is 10.0 Å². The Labute approximate surface area is 138 Å². The third-order valence-electron chi connectivity index (χ3n) is 4.20. The van der Waals surface area contributed by atoms with Gasteiger partial charge in [-0.05, 0) is 11.8 Å². The maximum Gasteiger partial charge on any atom is 0.215 e. The van der Waals surface area contributed by atoms with Gasteiger partial charge in [0.25, 0.3) is 0 Å². The number of hydrogen-bond donors (Lipinski definition) is 1. The van der Waals surface area contributed by atoms with Crippen LogP contribution in [0.25, 0.3) is 0 Å². The summed E-state index contributed by atoms with van der Waals surface area (Å²) in [5.41, 5.74) is 0.301. The van der Waals surface area contributed by atoms with Gasteiger partial charge in [0.1, 0.15) is 0 Å². The van der Waals surface area contributed by atoms with Gasteiger partial charge in [-0.2, -0.15) is 11.8 Å². The maximum atomic E-state index is 12.3. The van der Waals surface area contributed by atoms with Gasteiger partial charge in [0, 0.05) is 51.3 Å². The molecule has 128 valence electrons. The zero-order chi connectivity index (χ0) is 16.2. The molecule has 2 rings (SSSR count). The number of sulfonamides is 1. The van der Waals surface area contributed by atoms with Crippen molar-refractivity contribution in [1.29, 1.82) is 0 Å². The van der Waals surface area contributed by atoms with E-state index in [0.29, 0.717) is 25.0 Å². The molecule has 0 aromatic heterocycles. The molecule has 8 heteroatoms. The third-order valence-corrected chi connectivity index (χ3v) is 7.01. The Morgan fingerprint density at radius 3 is 2.50 bits per heavy atom. The molecular weight excluding hydrogens is 320 g/mol. The summed E-state index contributed by atoms with van der Waals surface area (Å²) in [4.78, 5) is 6.50. The molecule has 0 radical (unpaired) electrons. The lowest BCUT2D eigenvalue weighted by Gasteiger charge is -2.27. The average Bonchev–Trinajstić information content (AvgIpc) is 2.84. The summed E-state index contributed by atoms with van der Waals surface area (Å²) in [6.45, 7) is 8.13. The lowest BCUT2D eigenvalue weighted by Crippen LogP contribution is -2.45. The molecule has 0 saturated carbocycles. The highest BCUT2D eigenvalue weighted by Gasteiger charge is 2.31. The third kappa shape index (κ3) is 4.76. The van der Waals surface area contributed by atoms with E-state index in [4.69, 9.17) is 0 Å². The molecule has 2 fully saturated rings. The first-order chi connectivity index (χ1) is 10.3. The Morgan fingerprint density at radius 1 is 1.27 bits per heavy atom. The molecule has 2 saturated heterocycles. The highest BCUT2D eigenvalue weighted by Crippen LogP contribution is 2.28. The van der Waals surface area contributed by atoms with Crippen LogP contribution in [0.1, 0.15) is 20.3 Å². The number of hydrogen-bond acceptors (Lipinski definition) is 4. The van der Waals surface area contributed by atoms with E-state index in [0.717, 1.165) is 37.0 Å². The predicted molar refractivity (Wildman–Crippen MR) is 94.0 cm³/mol. The summed E-state index contributed by atoms with van der Waals surface area (Å²) >= 11 is 1.82. The van der Waals surface area contributed by atoms with Crippen LogP contribution in [0.4, 0.5) is 0 Å². The number of thioether (sulfide) groups is 1. The van der Waals surface area contributed by atoms with Crippen molar-refractivity contribution in [2.24, 2.45) is 10.4 Å². The fourth-order valence-corrected chi connectivity index (χ4v) is 5.36.